The molecular formula is C26H32N4O3. The van der Waals surface area contributed by atoms with E-state index in [9.17, 15) is 14.4 Å². The lowest BCUT2D eigenvalue weighted by Gasteiger charge is -2.30. The van der Waals surface area contributed by atoms with Crippen LogP contribution in [-0.2, 0) is 31.0 Å². The van der Waals surface area contributed by atoms with Crippen LogP contribution in [0.25, 0.3) is 10.9 Å². The van der Waals surface area contributed by atoms with Crippen LogP contribution in [-0.4, -0.2) is 33.0 Å². The van der Waals surface area contributed by atoms with Gasteiger partial charge in [-0.3, -0.25) is 23.6 Å². The van der Waals surface area contributed by atoms with Crippen LogP contribution >= 0.6 is 0 Å². The molecule has 0 radical (unpaired) electrons. The first-order chi connectivity index (χ1) is 16.0. The van der Waals surface area contributed by atoms with Crippen molar-refractivity contribution in [1.29, 1.82) is 0 Å². The van der Waals surface area contributed by atoms with E-state index in [-0.39, 0.29) is 24.6 Å². The third kappa shape index (κ3) is 5.25. The van der Waals surface area contributed by atoms with E-state index in [2.05, 4.69) is 29.3 Å². The van der Waals surface area contributed by atoms with Crippen LogP contribution in [0.1, 0.15) is 37.8 Å². The molecule has 3 aromatic rings. The maximum atomic E-state index is 12.8. The van der Waals surface area contributed by atoms with Crippen molar-refractivity contribution in [2.24, 2.45) is 5.92 Å². The van der Waals surface area contributed by atoms with Gasteiger partial charge in [0.2, 0.25) is 5.91 Å². The number of rotatable bonds is 7. The average Bonchev–Trinajstić information content (AvgIpc) is 2.82. The summed E-state index contributed by atoms with van der Waals surface area (Å²) in [7, 11) is 0. The largest absolute Gasteiger partial charge is 0.350 e. The van der Waals surface area contributed by atoms with E-state index < -0.39 is 5.69 Å². The van der Waals surface area contributed by atoms with Gasteiger partial charge in [0.1, 0.15) is 6.54 Å². The SMILES string of the molecule is CCn1c(=O)c2ccccc2n(CC(=O)NCc2ccc(CN3CCCC(C)C3)cc2)c1=O. The van der Waals surface area contributed by atoms with Crippen LogP contribution in [0.3, 0.4) is 0 Å². The van der Waals surface area contributed by atoms with E-state index in [0.717, 1.165) is 35.7 Å². The van der Waals surface area contributed by atoms with Crippen molar-refractivity contribution in [3.8, 4) is 0 Å². The van der Waals surface area contributed by atoms with Gasteiger partial charge in [-0.1, -0.05) is 43.3 Å². The minimum atomic E-state index is -0.465. The van der Waals surface area contributed by atoms with Gasteiger partial charge in [-0.15, -0.1) is 0 Å². The lowest BCUT2D eigenvalue weighted by atomic mass is 9.99. The van der Waals surface area contributed by atoms with Crippen LogP contribution in [0.4, 0.5) is 0 Å². The molecule has 2 heterocycles. The molecule has 1 amide bonds. The van der Waals surface area contributed by atoms with Gasteiger partial charge < -0.3 is 5.32 Å². The average molecular weight is 449 g/mol. The summed E-state index contributed by atoms with van der Waals surface area (Å²) in [4.78, 5) is 40.5. The summed E-state index contributed by atoms with van der Waals surface area (Å²) in [5.41, 5.74) is 1.97. The third-order valence-electron chi connectivity index (χ3n) is 6.41. The molecule has 0 spiro atoms. The number of amides is 1. The second-order valence-corrected chi connectivity index (χ2v) is 9.01. The zero-order valence-corrected chi connectivity index (χ0v) is 19.4. The van der Waals surface area contributed by atoms with Gasteiger partial charge in [0.25, 0.3) is 5.56 Å². The first-order valence-electron chi connectivity index (χ1n) is 11.8. The quantitative estimate of drug-likeness (QED) is 0.603. The highest BCUT2D eigenvalue weighted by Gasteiger charge is 2.16. The Labute approximate surface area is 193 Å². The summed E-state index contributed by atoms with van der Waals surface area (Å²) in [5, 5.41) is 3.34. The number of fused-ring (bicyclic) bond motifs is 1. The molecule has 174 valence electrons. The van der Waals surface area contributed by atoms with E-state index >= 15 is 0 Å². The van der Waals surface area contributed by atoms with Crippen molar-refractivity contribution in [3.05, 3.63) is 80.5 Å². The molecule has 33 heavy (non-hydrogen) atoms. The lowest BCUT2D eigenvalue weighted by molar-refractivity contribution is -0.121. The van der Waals surface area contributed by atoms with Crippen molar-refractivity contribution in [3.63, 3.8) is 0 Å². The molecule has 4 rings (SSSR count). The molecule has 1 aromatic heterocycles. The smallest absolute Gasteiger partial charge is 0.331 e. The zero-order valence-electron chi connectivity index (χ0n) is 19.4. The summed E-state index contributed by atoms with van der Waals surface area (Å²) in [6.45, 7) is 7.83. The van der Waals surface area contributed by atoms with Gasteiger partial charge in [0.15, 0.2) is 0 Å². The van der Waals surface area contributed by atoms with Gasteiger partial charge in [0, 0.05) is 26.2 Å². The number of aromatic nitrogens is 2. The zero-order chi connectivity index (χ0) is 23.4. The number of benzene rings is 2. The van der Waals surface area contributed by atoms with E-state index in [1.807, 2.05) is 12.1 Å². The first-order valence-corrected chi connectivity index (χ1v) is 11.8. The van der Waals surface area contributed by atoms with Gasteiger partial charge >= 0.3 is 5.69 Å². The summed E-state index contributed by atoms with van der Waals surface area (Å²) in [6, 6.07) is 15.2. The van der Waals surface area contributed by atoms with Gasteiger partial charge in [0.05, 0.1) is 10.9 Å². The summed E-state index contributed by atoms with van der Waals surface area (Å²) >= 11 is 0. The fourth-order valence-corrected chi connectivity index (χ4v) is 4.65. The van der Waals surface area contributed by atoms with E-state index in [0.29, 0.717) is 17.4 Å². The Morgan fingerprint density at radius 3 is 2.48 bits per heavy atom. The number of likely N-dealkylation sites (tertiary alicyclic amines) is 1. The molecule has 1 N–H and O–H groups in total. The standard InChI is InChI=1S/C26H32N4O3/c1-3-29-25(32)22-8-4-5-9-23(22)30(26(29)33)18-24(31)27-15-20-10-12-21(13-11-20)17-28-14-6-7-19(2)16-28/h4-5,8-13,19H,3,6-7,14-18H2,1-2H3,(H,27,31). The number of carbonyl (C=O) groups excluding carboxylic acids is 1. The monoisotopic (exact) mass is 448 g/mol. The highest BCUT2D eigenvalue weighted by Crippen LogP contribution is 2.18. The van der Waals surface area contributed by atoms with Crippen molar-refractivity contribution < 1.29 is 4.79 Å². The molecule has 2 aromatic carbocycles. The molecule has 0 saturated carbocycles. The summed E-state index contributed by atoms with van der Waals surface area (Å²) in [5.74, 6) is 0.490. The highest BCUT2D eigenvalue weighted by molar-refractivity contribution is 5.81. The maximum Gasteiger partial charge on any atom is 0.331 e. The Morgan fingerprint density at radius 2 is 1.76 bits per heavy atom. The van der Waals surface area contributed by atoms with Crippen LogP contribution in [0.5, 0.6) is 0 Å². The first kappa shape index (κ1) is 23.0. The van der Waals surface area contributed by atoms with Crippen molar-refractivity contribution in [2.75, 3.05) is 13.1 Å². The molecule has 0 bridgehead atoms. The minimum Gasteiger partial charge on any atom is -0.350 e. The van der Waals surface area contributed by atoms with Crippen LogP contribution in [0.15, 0.2) is 58.1 Å². The molecule has 1 unspecified atom stereocenters. The molecule has 1 atom stereocenters. The summed E-state index contributed by atoms with van der Waals surface area (Å²) < 4.78 is 2.54. The Hall–Kier alpha value is -3.19. The predicted molar refractivity (Wildman–Crippen MR) is 130 cm³/mol. The minimum absolute atomic E-state index is 0.134. The Morgan fingerprint density at radius 1 is 1.03 bits per heavy atom. The van der Waals surface area contributed by atoms with E-state index in [4.69, 9.17) is 0 Å². The number of nitrogens with one attached hydrogen (secondary N) is 1. The molecule has 1 aliphatic rings. The fourth-order valence-electron chi connectivity index (χ4n) is 4.65. The second kappa shape index (κ2) is 10.2. The van der Waals surface area contributed by atoms with Gasteiger partial charge in [-0.2, -0.15) is 0 Å². The number of nitrogens with zero attached hydrogens (tertiary/aromatic N) is 3. The number of para-hydroxylation sites is 1. The fraction of sp³-hybridized carbons (Fsp3) is 0.423. The Kier molecular flexibility index (Phi) is 7.08. The van der Waals surface area contributed by atoms with E-state index in [1.54, 1.807) is 31.2 Å². The van der Waals surface area contributed by atoms with Crippen molar-refractivity contribution in [2.45, 2.75) is 52.9 Å². The summed E-state index contributed by atoms with van der Waals surface area (Å²) in [6.07, 6.45) is 2.58. The van der Waals surface area contributed by atoms with Crippen molar-refractivity contribution in [1.82, 2.24) is 19.4 Å². The molecule has 0 aliphatic carbocycles. The molecule has 1 fully saturated rings. The third-order valence-corrected chi connectivity index (χ3v) is 6.41. The van der Waals surface area contributed by atoms with Crippen LogP contribution in [0, 0.1) is 5.92 Å². The lowest BCUT2D eigenvalue weighted by Crippen LogP contribution is -2.42. The van der Waals surface area contributed by atoms with Crippen molar-refractivity contribution >= 4 is 16.8 Å². The molecule has 7 heteroatoms. The van der Waals surface area contributed by atoms with Crippen LogP contribution < -0.4 is 16.6 Å². The number of carbonyl (C=O) groups is 1. The number of piperidine rings is 1. The highest BCUT2D eigenvalue weighted by atomic mass is 16.2. The van der Waals surface area contributed by atoms with Gasteiger partial charge in [-0.25, -0.2) is 4.79 Å². The maximum absolute atomic E-state index is 12.8. The van der Waals surface area contributed by atoms with E-state index in [1.165, 1.54) is 23.0 Å². The normalized spacial score (nSPS) is 16.7. The Balaban J connectivity index is 1.40. The second-order valence-electron chi connectivity index (χ2n) is 9.01. The number of hydrogen-bond donors (Lipinski definition) is 1. The van der Waals surface area contributed by atoms with Crippen LogP contribution in [0.2, 0.25) is 0 Å². The Bertz CT molecular complexity index is 1240. The predicted octanol–water partition coefficient (Wildman–Crippen LogP) is 2.73. The molecule has 7 nitrogen and oxygen atoms in total. The molecular weight excluding hydrogens is 416 g/mol. The van der Waals surface area contributed by atoms with Gasteiger partial charge in [-0.05, 0) is 55.5 Å². The molecule has 1 aliphatic heterocycles. The topological polar surface area (TPSA) is 76.3 Å². The molecule has 1 saturated heterocycles. The number of hydrogen-bond acceptors (Lipinski definition) is 4.